The van der Waals surface area contributed by atoms with E-state index in [1.807, 2.05) is 24.3 Å². The van der Waals surface area contributed by atoms with Gasteiger partial charge in [0.15, 0.2) is 0 Å². The maximum Gasteiger partial charge on any atom is 1.00 e. The van der Waals surface area contributed by atoms with E-state index in [0.717, 1.165) is 0 Å². The molecule has 0 aromatic heterocycles. The van der Waals surface area contributed by atoms with Gasteiger partial charge in [-0.3, -0.25) is 0 Å². The first-order valence-electron chi connectivity index (χ1n) is 1.88. The average molecular weight is 193 g/mol. The van der Waals surface area contributed by atoms with Crippen molar-refractivity contribution in [2.24, 2.45) is 0 Å². The van der Waals surface area contributed by atoms with Gasteiger partial charge in [0.05, 0.1) is 5.38 Å². The normalized spacial score (nSPS) is 17.3. The molecule has 0 heterocycles. The Balaban J connectivity index is 0. The third-order valence-electron chi connectivity index (χ3n) is 0.701. The molecule has 0 saturated carbocycles. The van der Waals surface area contributed by atoms with Gasteiger partial charge >= 0.3 is 1.43 Å². The Labute approximate surface area is 68.9 Å². The average Bonchev–Trinajstić information content (AvgIpc) is 1.86. The molecule has 0 N–H and O–H groups in total. The van der Waals surface area contributed by atoms with Crippen LogP contribution in [-0.2, 0) is 26.2 Å². The van der Waals surface area contributed by atoms with Crippen molar-refractivity contribution in [2.45, 2.75) is 5.38 Å². The predicted octanol–water partition coefficient (Wildman–Crippen LogP) is 1.83. The molecule has 0 bridgehead atoms. The van der Waals surface area contributed by atoms with Gasteiger partial charge in [0.2, 0.25) is 0 Å². The van der Waals surface area contributed by atoms with Crippen LogP contribution in [0.4, 0.5) is 0 Å². The van der Waals surface area contributed by atoms with E-state index in [2.05, 4.69) is 0 Å². The summed E-state index contributed by atoms with van der Waals surface area (Å²) in [5.41, 5.74) is 0. The number of allylic oxidation sites excluding steroid dienone is 4. The van der Waals surface area contributed by atoms with Gasteiger partial charge in [-0.25, -0.2) is 0 Å². The molecule has 0 radical (unpaired) electrons. The van der Waals surface area contributed by atoms with Crippen LogP contribution in [0.2, 0.25) is 0 Å². The maximum absolute atomic E-state index is 5.54. The second-order valence-corrected chi connectivity index (χ2v) is 1.72. The molecule has 0 atom stereocenters. The van der Waals surface area contributed by atoms with Crippen molar-refractivity contribution in [3.05, 3.63) is 24.3 Å². The van der Waals surface area contributed by atoms with Crippen molar-refractivity contribution in [3.63, 3.8) is 0 Å². The first-order chi connectivity index (χ1) is 2.89. The summed E-state index contributed by atoms with van der Waals surface area (Å²) >= 11 is 5.54. The molecule has 1 rings (SSSR count). The molecular formula is C5H6ClZr+. The zero-order chi connectivity index (χ0) is 4.41. The van der Waals surface area contributed by atoms with Gasteiger partial charge < -0.3 is 0 Å². The molecule has 0 aromatic rings. The molecule has 36 valence electrons. The number of halogens is 1. The molecule has 0 aliphatic heterocycles. The molecule has 1 aliphatic carbocycles. The summed E-state index contributed by atoms with van der Waals surface area (Å²) in [5, 5.41) is 0.157. The predicted molar refractivity (Wildman–Crippen MR) is 29.0 cm³/mol. The zero-order valence-corrected chi connectivity index (χ0v) is 6.98. The Bertz CT molecular complexity index is 88.6. The second-order valence-electron chi connectivity index (χ2n) is 1.21. The van der Waals surface area contributed by atoms with Crippen molar-refractivity contribution in [1.29, 1.82) is 0 Å². The Morgan fingerprint density at radius 2 is 1.71 bits per heavy atom. The Morgan fingerprint density at radius 3 is 1.86 bits per heavy atom. The molecule has 0 spiro atoms. The number of hydrogen-bond acceptors (Lipinski definition) is 0. The summed E-state index contributed by atoms with van der Waals surface area (Å²) in [7, 11) is 0. The van der Waals surface area contributed by atoms with Gasteiger partial charge in [-0.15, -0.1) is 11.6 Å². The summed E-state index contributed by atoms with van der Waals surface area (Å²) in [6, 6.07) is 0. The molecular weight excluding hydrogens is 187 g/mol. The molecule has 0 nitrogen and oxygen atoms in total. The molecule has 0 fully saturated rings. The van der Waals surface area contributed by atoms with Crippen molar-refractivity contribution < 1.29 is 27.6 Å². The molecule has 2 heteroatoms. The van der Waals surface area contributed by atoms with Gasteiger partial charge in [-0.1, -0.05) is 24.3 Å². The fraction of sp³-hybridized carbons (Fsp3) is 0.200. The second kappa shape index (κ2) is 3.63. The van der Waals surface area contributed by atoms with Crippen molar-refractivity contribution in [3.8, 4) is 0 Å². The van der Waals surface area contributed by atoms with Gasteiger partial charge in [0, 0.05) is 26.2 Å². The van der Waals surface area contributed by atoms with E-state index in [4.69, 9.17) is 11.6 Å². The van der Waals surface area contributed by atoms with Crippen molar-refractivity contribution in [2.75, 3.05) is 0 Å². The quantitative estimate of drug-likeness (QED) is 0.514. The van der Waals surface area contributed by atoms with Gasteiger partial charge in [-0.2, -0.15) is 0 Å². The summed E-state index contributed by atoms with van der Waals surface area (Å²) in [4.78, 5) is 0. The molecule has 1 aliphatic rings. The monoisotopic (exact) mass is 191 g/mol. The van der Waals surface area contributed by atoms with E-state index in [-0.39, 0.29) is 33.0 Å². The Hall–Kier alpha value is 0.653. The van der Waals surface area contributed by atoms with Crippen LogP contribution in [0.15, 0.2) is 24.3 Å². The largest absolute Gasteiger partial charge is 1.00 e. The third kappa shape index (κ3) is 2.46. The van der Waals surface area contributed by atoms with Crippen LogP contribution < -0.4 is 0 Å². The topological polar surface area (TPSA) is 0 Å². The third-order valence-corrected chi connectivity index (χ3v) is 0.992. The zero-order valence-electron chi connectivity index (χ0n) is 4.76. The number of rotatable bonds is 0. The fourth-order valence-electron chi connectivity index (χ4n) is 0.405. The minimum Gasteiger partial charge on any atom is -0.114 e. The van der Waals surface area contributed by atoms with E-state index < -0.39 is 0 Å². The molecule has 0 unspecified atom stereocenters. The Morgan fingerprint density at radius 1 is 1.29 bits per heavy atom. The smallest absolute Gasteiger partial charge is 0.114 e. The summed E-state index contributed by atoms with van der Waals surface area (Å²) in [5.74, 6) is 0. The number of alkyl halides is 1. The standard InChI is InChI=1S/C5H5Cl.Zr/c6-5-3-1-2-4-5;/h1-5H;/p+1. The first kappa shape index (κ1) is 7.65. The molecule has 0 saturated heterocycles. The van der Waals surface area contributed by atoms with Crippen molar-refractivity contribution >= 4 is 11.6 Å². The van der Waals surface area contributed by atoms with Crippen LogP contribution in [0, 0.1) is 0 Å². The molecule has 7 heavy (non-hydrogen) atoms. The summed E-state index contributed by atoms with van der Waals surface area (Å²) in [6.45, 7) is 0. The summed E-state index contributed by atoms with van der Waals surface area (Å²) in [6.07, 6.45) is 7.75. The van der Waals surface area contributed by atoms with Crippen LogP contribution in [-0.4, -0.2) is 5.38 Å². The number of hydrogen-bond donors (Lipinski definition) is 0. The van der Waals surface area contributed by atoms with Crippen LogP contribution >= 0.6 is 11.6 Å². The van der Waals surface area contributed by atoms with E-state index in [1.165, 1.54) is 0 Å². The van der Waals surface area contributed by atoms with Gasteiger partial charge in [-0.05, 0) is 0 Å². The van der Waals surface area contributed by atoms with E-state index in [9.17, 15) is 0 Å². The van der Waals surface area contributed by atoms with Gasteiger partial charge in [0.25, 0.3) is 0 Å². The Kier molecular flexibility index (Phi) is 3.97. The van der Waals surface area contributed by atoms with Crippen LogP contribution in [0.3, 0.4) is 0 Å². The van der Waals surface area contributed by atoms with E-state index >= 15 is 0 Å². The molecule has 0 amide bonds. The van der Waals surface area contributed by atoms with Crippen molar-refractivity contribution in [1.82, 2.24) is 0 Å². The SMILES string of the molecule is ClC1C=CC=C1.[H+].[Zr]. The maximum atomic E-state index is 5.54. The molecule has 0 aromatic carbocycles. The van der Waals surface area contributed by atoms with Gasteiger partial charge in [0.1, 0.15) is 0 Å². The van der Waals surface area contributed by atoms with Crippen LogP contribution in [0.5, 0.6) is 0 Å². The fourth-order valence-corrected chi connectivity index (χ4v) is 0.573. The minimum absolute atomic E-state index is 0. The summed E-state index contributed by atoms with van der Waals surface area (Å²) < 4.78 is 0. The first-order valence-corrected chi connectivity index (χ1v) is 2.32. The van der Waals surface area contributed by atoms with E-state index in [0.29, 0.717) is 0 Å². The minimum atomic E-state index is 0. The van der Waals surface area contributed by atoms with Crippen LogP contribution in [0.1, 0.15) is 1.43 Å². The van der Waals surface area contributed by atoms with E-state index in [1.54, 1.807) is 0 Å². The van der Waals surface area contributed by atoms with Crippen LogP contribution in [0.25, 0.3) is 0 Å².